The number of ether oxygens (including phenoxy) is 1. The van der Waals surface area contributed by atoms with Crippen molar-refractivity contribution in [2.75, 3.05) is 13.2 Å². The number of allylic oxidation sites excluding steroid dienone is 3. The molecule has 0 bridgehead atoms. The molecule has 9 nitrogen and oxygen atoms in total. The van der Waals surface area contributed by atoms with Crippen LogP contribution in [0.25, 0.3) is 0 Å². The number of carbonyl (C=O) groups is 4. The molecule has 0 fully saturated rings. The van der Waals surface area contributed by atoms with Crippen LogP contribution in [0.1, 0.15) is 162 Å². The smallest absolute Gasteiger partial charge is 0.328 e. The molecule has 0 spiro atoms. The number of carbonyl (C=O) groups excluding carboxylic acids is 3. The second-order valence-corrected chi connectivity index (χ2v) is 12.3. The van der Waals surface area contributed by atoms with Gasteiger partial charge in [0, 0.05) is 12.8 Å². The van der Waals surface area contributed by atoms with Gasteiger partial charge in [-0.1, -0.05) is 109 Å². The van der Waals surface area contributed by atoms with Crippen molar-refractivity contribution in [1.29, 1.82) is 0 Å². The Morgan fingerprint density at radius 3 is 1.83 bits per heavy atom. The molecular weight excluding hydrogens is 584 g/mol. The zero-order valence-corrected chi connectivity index (χ0v) is 29.1. The fourth-order valence-corrected chi connectivity index (χ4v) is 5.01. The van der Waals surface area contributed by atoms with Gasteiger partial charge in [0.1, 0.15) is 12.1 Å². The van der Waals surface area contributed by atoms with Crippen LogP contribution in [0.5, 0.6) is 0 Å². The van der Waals surface area contributed by atoms with E-state index in [1.165, 1.54) is 64.2 Å². The number of amides is 2. The normalized spacial score (nSPS) is 12.8. The summed E-state index contributed by atoms with van der Waals surface area (Å²) in [4.78, 5) is 47.3. The van der Waals surface area contributed by atoms with Gasteiger partial charge in [0.15, 0.2) is 0 Å². The molecule has 0 aromatic carbocycles. The zero-order chi connectivity index (χ0) is 34.1. The molecule has 0 aromatic rings. The Morgan fingerprint density at radius 2 is 1.20 bits per heavy atom. The van der Waals surface area contributed by atoms with Crippen LogP contribution in [0.3, 0.4) is 0 Å². The van der Waals surface area contributed by atoms with Crippen LogP contribution >= 0.6 is 0 Å². The third kappa shape index (κ3) is 28.8. The van der Waals surface area contributed by atoms with E-state index in [0.29, 0.717) is 12.8 Å². The molecule has 0 aliphatic rings. The molecule has 0 aliphatic heterocycles. The first-order valence-corrected chi connectivity index (χ1v) is 18.2. The highest BCUT2D eigenvalue weighted by Gasteiger charge is 2.18. The summed E-state index contributed by atoms with van der Waals surface area (Å²) < 4.78 is 5.86. The van der Waals surface area contributed by atoms with Crippen LogP contribution in [0.15, 0.2) is 24.3 Å². The van der Waals surface area contributed by atoms with Crippen molar-refractivity contribution in [3.05, 3.63) is 24.3 Å². The second kappa shape index (κ2) is 32.3. The van der Waals surface area contributed by atoms with Crippen LogP contribution in [-0.2, 0) is 23.9 Å². The van der Waals surface area contributed by atoms with E-state index in [4.69, 9.17) is 14.9 Å². The lowest BCUT2D eigenvalue weighted by molar-refractivity contribution is -0.147. The first kappa shape index (κ1) is 43.3. The Labute approximate surface area is 279 Å². The highest BCUT2D eigenvalue weighted by molar-refractivity contribution is 5.87. The number of rotatable bonds is 32. The Balaban J connectivity index is 4.34. The van der Waals surface area contributed by atoms with Crippen molar-refractivity contribution in [2.24, 2.45) is 0 Å². The number of hydrogen-bond acceptors (Lipinski definition) is 6. The van der Waals surface area contributed by atoms with Gasteiger partial charge < -0.3 is 25.6 Å². The summed E-state index contributed by atoms with van der Waals surface area (Å²) in [6, 6.07) is -1.39. The molecule has 0 rings (SSSR count). The van der Waals surface area contributed by atoms with Gasteiger partial charge in [0.25, 0.3) is 0 Å². The van der Waals surface area contributed by atoms with E-state index in [0.717, 1.165) is 64.2 Å². The van der Waals surface area contributed by atoms with Gasteiger partial charge in [0.05, 0.1) is 13.2 Å². The number of esters is 1. The highest BCUT2D eigenvalue weighted by Crippen LogP contribution is 2.15. The molecule has 0 saturated heterocycles. The average molecular weight is 651 g/mol. The van der Waals surface area contributed by atoms with Gasteiger partial charge in [-0.3, -0.25) is 14.4 Å². The fourth-order valence-electron chi connectivity index (χ4n) is 5.01. The van der Waals surface area contributed by atoms with Crippen molar-refractivity contribution in [3.63, 3.8) is 0 Å². The van der Waals surface area contributed by atoms with Crippen molar-refractivity contribution in [1.82, 2.24) is 10.6 Å². The number of carboxylic acid groups (broad SMARTS) is 1. The molecule has 0 aliphatic carbocycles. The topological polar surface area (TPSA) is 142 Å². The van der Waals surface area contributed by atoms with Gasteiger partial charge >= 0.3 is 11.9 Å². The largest absolute Gasteiger partial charge is 0.480 e. The van der Waals surface area contributed by atoms with Gasteiger partial charge in [-0.05, 0) is 63.9 Å². The van der Waals surface area contributed by atoms with Crippen LogP contribution in [-0.4, -0.2) is 59.3 Å². The number of aliphatic hydroxyl groups excluding tert-OH is 1. The SMILES string of the molecule is CCCC/C=C\CCCCCCCC(=O)OC(/C=C\CCCCCCCC)CCCCCCC(=O)NCC(=O)NC(CO)C(=O)O. The van der Waals surface area contributed by atoms with Gasteiger partial charge in [-0.25, -0.2) is 4.79 Å². The minimum Gasteiger partial charge on any atom is -0.480 e. The van der Waals surface area contributed by atoms with Crippen molar-refractivity contribution < 1.29 is 34.1 Å². The maximum absolute atomic E-state index is 12.6. The lowest BCUT2D eigenvalue weighted by Gasteiger charge is -2.15. The number of unbranched alkanes of at least 4 members (excludes halogenated alkanes) is 16. The summed E-state index contributed by atoms with van der Waals surface area (Å²) in [5.74, 6) is -2.41. The fraction of sp³-hybridized carbons (Fsp3) is 0.784. The summed E-state index contributed by atoms with van der Waals surface area (Å²) in [7, 11) is 0. The van der Waals surface area contributed by atoms with E-state index in [2.05, 4.69) is 48.8 Å². The second-order valence-electron chi connectivity index (χ2n) is 12.3. The summed E-state index contributed by atoms with van der Waals surface area (Å²) in [5.41, 5.74) is 0. The number of carboxylic acids is 1. The maximum atomic E-state index is 12.6. The molecule has 2 unspecified atom stereocenters. The van der Waals surface area contributed by atoms with Crippen LogP contribution in [0, 0.1) is 0 Å². The quantitative estimate of drug-likeness (QED) is 0.0332. The molecular formula is C37H66N2O7. The van der Waals surface area contributed by atoms with Gasteiger partial charge in [0.2, 0.25) is 11.8 Å². The Kier molecular flexibility index (Phi) is 30.4. The molecule has 0 saturated carbocycles. The first-order valence-electron chi connectivity index (χ1n) is 18.2. The van der Waals surface area contributed by atoms with Gasteiger partial charge in [-0.15, -0.1) is 0 Å². The lowest BCUT2D eigenvalue weighted by atomic mass is 10.1. The van der Waals surface area contributed by atoms with Crippen LogP contribution < -0.4 is 10.6 Å². The Hall–Kier alpha value is -2.68. The highest BCUT2D eigenvalue weighted by atomic mass is 16.5. The number of aliphatic hydroxyl groups is 1. The van der Waals surface area contributed by atoms with Crippen molar-refractivity contribution >= 4 is 23.8 Å². The minimum atomic E-state index is -1.39. The van der Waals surface area contributed by atoms with Crippen molar-refractivity contribution in [2.45, 2.75) is 174 Å². The molecule has 0 radical (unpaired) electrons. The molecule has 2 atom stereocenters. The van der Waals surface area contributed by atoms with E-state index < -0.39 is 24.5 Å². The number of aliphatic carboxylic acids is 1. The molecule has 0 heterocycles. The first-order chi connectivity index (χ1) is 22.3. The average Bonchev–Trinajstić information content (AvgIpc) is 3.03. The summed E-state index contributed by atoms with van der Waals surface area (Å²) in [6.45, 7) is 3.38. The van der Waals surface area contributed by atoms with Crippen LogP contribution in [0.2, 0.25) is 0 Å². The molecule has 0 aromatic heterocycles. The van der Waals surface area contributed by atoms with E-state index in [9.17, 15) is 19.2 Å². The lowest BCUT2D eigenvalue weighted by Crippen LogP contribution is -2.47. The third-order valence-electron chi connectivity index (χ3n) is 7.91. The predicted molar refractivity (Wildman–Crippen MR) is 185 cm³/mol. The zero-order valence-electron chi connectivity index (χ0n) is 29.1. The van der Waals surface area contributed by atoms with Crippen LogP contribution in [0.4, 0.5) is 0 Å². The predicted octanol–water partition coefficient (Wildman–Crippen LogP) is 7.70. The van der Waals surface area contributed by atoms with E-state index in [1.807, 2.05) is 0 Å². The van der Waals surface area contributed by atoms with E-state index in [1.54, 1.807) is 0 Å². The molecule has 4 N–H and O–H groups in total. The van der Waals surface area contributed by atoms with Crippen molar-refractivity contribution in [3.8, 4) is 0 Å². The Morgan fingerprint density at radius 1 is 0.652 bits per heavy atom. The Bertz CT molecular complexity index is 844. The molecule has 2 amide bonds. The third-order valence-corrected chi connectivity index (χ3v) is 7.91. The van der Waals surface area contributed by atoms with E-state index >= 15 is 0 Å². The summed E-state index contributed by atoms with van der Waals surface area (Å²) >= 11 is 0. The molecule has 46 heavy (non-hydrogen) atoms. The van der Waals surface area contributed by atoms with Gasteiger partial charge in [-0.2, -0.15) is 0 Å². The maximum Gasteiger partial charge on any atom is 0.328 e. The number of nitrogens with one attached hydrogen (secondary N) is 2. The molecule has 266 valence electrons. The minimum absolute atomic E-state index is 0.123. The summed E-state index contributed by atoms with van der Waals surface area (Å²) in [5, 5.41) is 22.5. The van der Waals surface area contributed by atoms with E-state index in [-0.39, 0.29) is 30.9 Å². The standard InChI is InChI=1S/C37H66N2O7/c1-3-5-7-9-11-13-14-15-17-19-25-29-36(43)46-32(26-22-18-16-12-10-8-6-4-2)27-23-20-21-24-28-34(41)38-30-35(42)39-33(31-40)37(44)45/h9,11,22,26,32-33,40H,3-8,10,12-21,23-25,27-31H2,1-2H3,(H,38,41)(H,39,42)(H,44,45)/b11-9-,26-22-. The monoisotopic (exact) mass is 650 g/mol. The summed E-state index contributed by atoms with van der Waals surface area (Å²) in [6.07, 6.45) is 32.2. The molecule has 9 heteroatoms. The number of hydrogen-bond donors (Lipinski definition) is 4.